The topological polar surface area (TPSA) is 113 Å². The van der Waals surface area contributed by atoms with Crippen LogP contribution in [0.25, 0.3) is 11.1 Å². The van der Waals surface area contributed by atoms with Crippen molar-refractivity contribution in [1.82, 2.24) is 15.3 Å². The third-order valence-corrected chi connectivity index (χ3v) is 7.64. The number of rotatable bonds is 9. The molecule has 9 heteroatoms. The van der Waals surface area contributed by atoms with Gasteiger partial charge in [0.2, 0.25) is 0 Å². The molecule has 0 radical (unpaired) electrons. The minimum Gasteiger partial charge on any atom is -0.489 e. The maximum atomic E-state index is 12.7. The van der Waals surface area contributed by atoms with Crippen LogP contribution < -0.4 is 14.8 Å². The second-order valence-electron chi connectivity index (χ2n) is 8.91. The quantitative estimate of drug-likeness (QED) is 0.309. The van der Waals surface area contributed by atoms with Gasteiger partial charge in [0.15, 0.2) is 0 Å². The van der Waals surface area contributed by atoms with Crippen LogP contribution in [0.4, 0.5) is 5.82 Å². The highest BCUT2D eigenvalue weighted by molar-refractivity contribution is 7.92. The normalized spacial score (nSPS) is 15.9. The van der Waals surface area contributed by atoms with Crippen molar-refractivity contribution in [2.45, 2.75) is 29.9 Å². The lowest BCUT2D eigenvalue weighted by atomic mass is 9.97. The van der Waals surface area contributed by atoms with Crippen molar-refractivity contribution >= 4 is 15.8 Å². The van der Waals surface area contributed by atoms with Crippen LogP contribution in [0.3, 0.4) is 0 Å². The largest absolute Gasteiger partial charge is 0.489 e. The van der Waals surface area contributed by atoms with Crippen molar-refractivity contribution in [3.63, 3.8) is 0 Å². The standard InChI is InChI=1S/C28H28N4O4S/c33-26(23-4-3-14-29-17-23)19-30-18-24-10-6-22-16-21(9-13-27(22)36-24)20-7-11-25(12-8-20)37(34,35)32-28-5-1-2-15-31-28/h1-5,7-9,11-17,24,26,30,33H,6,10,18-19H2,(H,31,32)/t24-,26+/m1/s1. The molecule has 0 bridgehead atoms. The molecule has 1 aliphatic rings. The van der Waals surface area contributed by atoms with E-state index >= 15 is 0 Å². The number of nitrogens with one attached hydrogen (secondary N) is 2. The molecule has 0 saturated heterocycles. The summed E-state index contributed by atoms with van der Waals surface area (Å²) in [5.41, 5.74) is 3.83. The Morgan fingerprint density at radius 2 is 1.84 bits per heavy atom. The van der Waals surface area contributed by atoms with Crippen molar-refractivity contribution in [2.24, 2.45) is 0 Å². The molecule has 5 rings (SSSR count). The average Bonchev–Trinajstić information content (AvgIpc) is 2.93. The van der Waals surface area contributed by atoms with E-state index in [9.17, 15) is 13.5 Å². The van der Waals surface area contributed by atoms with E-state index in [0.717, 1.165) is 40.8 Å². The van der Waals surface area contributed by atoms with Gasteiger partial charge in [-0.05, 0) is 72.0 Å². The zero-order valence-corrected chi connectivity index (χ0v) is 20.9. The van der Waals surface area contributed by atoms with Crippen LogP contribution in [0, 0.1) is 0 Å². The van der Waals surface area contributed by atoms with E-state index in [1.165, 1.54) is 6.20 Å². The second-order valence-corrected chi connectivity index (χ2v) is 10.6. The molecule has 2 atom stereocenters. The highest BCUT2D eigenvalue weighted by Gasteiger charge is 2.21. The smallest absolute Gasteiger partial charge is 0.263 e. The minimum absolute atomic E-state index is 0.0237. The van der Waals surface area contributed by atoms with Crippen LogP contribution in [0.1, 0.15) is 23.7 Å². The minimum atomic E-state index is -3.72. The monoisotopic (exact) mass is 516 g/mol. The van der Waals surface area contributed by atoms with Gasteiger partial charge in [0.05, 0.1) is 11.0 Å². The molecule has 37 heavy (non-hydrogen) atoms. The first kappa shape index (κ1) is 24.9. The Balaban J connectivity index is 1.19. The number of aliphatic hydroxyl groups excluding tert-OH is 1. The highest BCUT2D eigenvalue weighted by atomic mass is 32.2. The maximum absolute atomic E-state index is 12.7. The molecule has 0 fully saturated rings. The number of sulfonamides is 1. The van der Waals surface area contributed by atoms with Gasteiger partial charge in [0, 0.05) is 37.2 Å². The van der Waals surface area contributed by atoms with Crippen LogP contribution in [-0.2, 0) is 16.4 Å². The molecule has 3 heterocycles. The van der Waals surface area contributed by atoms with Crippen LogP contribution in [0.2, 0.25) is 0 Å². The van der Waals surface area contributed by atoms with Gasteiger partial charge in [-0.15, -0.1) is 0 Å². The molecular weight excluding hydrogens is 488 g/mol. The second kappa shape index (κ2) is 11.1. The van der Waals surface area contributed by atoms with Crippen molar-refractivity contribution in [2.75, 3.05) is 17.8 Å². The van der Waals surface area contributed by atoms with Crippen molar-refractivity contribution < 1.29 is 18.3 Å². The van der Waals surface area contributed by atoms with E-state index in [2.05, 4.69) is 26.1 Å². The fourth-order valence-electron chi connectivity index (χ4n) is 4.29. The van der Waals surface area contributed by atoms with Crippen LogP contribution in [-0.4, -0.2) is 42.7 Å². The Bertz CT molecular complexity index is 1430. The lowest BCUT2D eigenvalue weighted by molar-refractivity contribution is 0.146. The molecule has 3 N–H and O–H groups in total. The summed E-state index contributed by atoms with van der Waals surface area (Å²) in [6.45, 7) is 1.07. The molecule has 8 nitrogen and oxygen atoms in total. The summed E-state index contributed by atoms with van der Waals surface area (Å²) in [5, 5.41) is 13.6. The van der Waals surface area contributed by atoms with Gasteiger partial charge in [-0.25, -0.2) is 13.4 Å². The molecule has 190 valence electrons. The number of hydrogen-bond donors (Lipinski definition) is 3. The maximum Gasteiger partial charge on any atom is 0.263 e. The van der Waals surface area contributed by atoms with Crippen LogP contribution in [0.5, 0.6) is 5.75 Å². The fraction of sp³-hybridized carbons (Fsp3) is 0.214. The number of aryl methyl sites for hydroxylation is 1. The number of fused-ring (bicyclic) bond motifs is 1. The molecule has 0 amide bonds. The van der Waals surface area contributed by atoms with Gasteiger partial charge >= 0.3 is 0 Å². The van der Waals surface area contributed by atoms with E-state index in [4.69, 9.17) is 4.74 Å². The molecule has 2 aromatic carbocycles. The number of nitrogens with zero attached hydrogens (tertiary/aromatic N) is 2. The summed E-state index contributed by atoms with van der Waals surface area (Å²) in [6.07, 6.45) is 6.04. The van der Waals surface area contributed by atoms with Crippen molar-refractivity contribution in [1.29, 1.82) is 0 Å². The molecule has 0 spiro atoms. The Kier molecular flexibility index (Phi) is 7.45. The summed E-state index contributed by atoms with van der Waals surface area (Å²) in [4.78, 5) is 8.23. The first-order chi connectivity index (χ1) is 18.0. The highest BCUT2D eigenvalue weighted by Crippen LogP contribution is 2.32. The molecule has 0 saturated carbocycles. The lowest BCUT2D eigenvalue weighted by Crippen LogP contribution is -2.36. The number of anilines is 1. The van der Waals surface area contributed by atoms with E-state index in [-0.39, 0.29) is 16.8 Å². The number of aromatic nitrogens is 2. The van der Waals surface area contributed by atoms with Gasteiger partial charge in [-0.3, -0.25) is 9.71 Å². The van der Waals surface area contributed by atoms with Gasteiger partial charge in [-0.1, -0.05) is 30.3 Å². The van der Waals surface area contributed by atoms with Crippen LogP contribution >= 0.6 is 0 Å². The van der Waals surface area contributed by atoms with E-state index in [0.29, 0.717) is 13.1 Å². The first-order valence-corrected chi connectivity index (χ1v) is 13.6. The van der Waals surface area contributed by atoms with E-state index in [1.54, 1.807) is 54.9 Å². The predicted molar refractivity (Wildman–Crippen MR) is 142 cm³/mol. The zero-order valence-electron chi connectivity index (χ0n) is 20.1. The Hall–Kier alpha value is -3.79. The number of ether oxygens (including phenoxy) is 1. The Labute approximate surface area is 216 Å². The average molecular weight is 517 g/mol. The summed E-state index contributed by atoms with van der Waals surface area (Å²) < 4.78 is 34.0. The van der Waals surface area contributed by atoms with Gasteiger partial charge in [0.25, 0.3) is 10.0 Å². The SMILES string of the molecule is O=S(=O)(Nc1ccccn1)c1ccc(-c2ccc3c(c2)CC[C@H](CNC[C@H](O)c2cccnc2)O3)cc1. The number of hydrogen-bond acceptors (Lipinski definition) is 7. The number of pyridine rings is 2. The summed E-state index contributed by atoms with van der Waals surface area (Å²) in [7, 11) is -3.72. The lowest BCUT2D eigenvalue weighted by Gasteiger charge is -2.27. The Morgan fingerprint density at radius 3 is 2.59 bits per heavy atom. The summed E-state index contributed by atoms with van der Waals surface area (Å²) >= 11 is 0. The fourth-order valence-corrected chi connectivity index (χ4v) is 5.29. The van der Waals surface area contributed by atoms with E-state index < -0.39 is 16.1 Å². The molecular formula is C28H28N4O4S. The zero-order chi connectivity index (χ0) is 25.7. The molecule has 0 unspecified atom stereocenters. The third-order valence-electron chi connectivity index (χ3n) is 6.27. The van der Waals surface area contributed by atoms with Gasteiger partial charge in [-0.2, -0.15) is 0 Å². The van der Waals surface area contributed by atoms with Crippen molar-refractivity contribution in [3.05, 3.63) is 103 Å². The molecule has 1 aliphatic heterocycles. The third kappa shape index (κ3) is 6.14. The Morgan fingerprint density at radius 1 is 1.00 bits per heavy atom. The summed E-state index contributed by atoms with van der Waals surface area (Å²) in [6, 6.07) is 21.6. The number of aliphatic hydroxyl groups is 1. The van der Waals surface area contributed by atoms with Crippen LogP contribution in [0.15, 0.2) is 96.3 Å². The summed E-state index contributed by atoms with van der Waals surface area (Å²) in [5.74, 6) is 1.13. The van der Waals surface area contributed by atoms with E-state index in [1.807, 2.05) is 24.3 Å². The van der Waals surface area contributed by atoms with Gasteiger partial charge in [0.1, 0.15) is 17.7 Å². The number of benzene rings is 2. The van der Waals surface area contributed by atoms with Gasteiger partial charge < -0.3 is 15.2 Å². The molecule has 4 aromatic rings. The molecule has 0 aliphatic carbocycles. The molecule has 2 aromatic heterocycles. The predicted octanol–water partition coefficient (Wildman–Crippen LogP) is 3.96. The van der Waals surface area contributed by atoms with Crippen molar-refractivity contribution in [3.8, 4) is 16.9 Å². The first-order valence-electron chi connectivity index (χ1n) is 12.1.